The largest absolute Gasteiger partial charge is 0.491 e. The van der Waals surface area contributed by atoms with Crippen LogP contribution in [0.25, 0.3) is 0 Å². The average Bonchev–Trinajstić information content (AvgIpc) is 2.81. The van der Waals surface area contributed by atoms with Crippen LogP contribution in [0.3, 0.4) is 0 Å². The van der Waals surface area contributed by atoms with Crippen molar-refractivity contribution < 1.29 is 35.1 Å². The van der Waals surface area contributed by atoms with Crippen LogP contribution in [0.5, 0.6) is 0 Å². The molecule has 2 saturated heterocycles. The van der Waals surface area contributed by atoms with Crippen LogP contribution < -0.4 is 21.1 Å². The fraction of sp³-hybridized carbons (Fsp3) is 0.500. The lowest BCUT2D eigenvalue weighted by atomic mass is 9.83. The SMILES string of the molecule is O=C1CC(O)CCN1.OB(O)c1cnc(Cl)nc1.OB(O)c1cnc(N2CCC(O)CC2)nc1. The van der Waals surface area contributed by atoms with Gasteiger partial charge in [0.15, 0.2) is 0 Å². The lowest BCUT2D eigenvalue weighted by Gasteiger charge is -2.29. The van der Waals surface area contributed by atoms with E-state index in [-0.39, 0.29) is 34.6 Å². The highest BCUT2D eigenvalue weighted by atomic mass is 35.5. The van der Waals surface area contributed by atoms with Crippen molar-refractivity contribution in [3.05, 3.63) is 30.1 Å². The van der Waals surface area contributed by atoms with Gasteiger partial charge in [-0.25, -0.2) is 19.9 Å². The number of hydrogen-bond acceptors (Lipinski definition) is 12. The molecule has 2 aromatic heterocycles. The zero-order valence-corrected chi connectivity index (χ0v) is 19.0. The van der Waals surface area contributed by atoms with E-state index in [1.54, 1.807) is 0 Å². The van der Waals surface area contributed by atoms with E-state index in [1.807, 2.05) is 4.90 Å². The highest BCUT2D eigenvalue weighted by Gasteiger charge is 2.20. The number of nitrogens with one attached hydrogen (secondary N) is 1. The number of halogens is 1. The van der Waals surface area contributed by atoms with Crippen molar-refractivity contribution in [2.75, 3.05) is 24.5 Å². The van der Waals surface area contributed by atoms with Gasteiger partial charge >= 0.3 is 14.2 Å². The Labute approximate surface area is 201 Å². The molecule has 0 spiro atoms. The summed E-state index contributed by atoms with van der Waals surface area (Å²) < 4.78 is 0. The molecule has 2 aromatic rings. The molecule has 0 aliphatic carbocycles. The van der Waals surface area contributed by atoms with Crippen LogP contribution in [0.4, 0.5) is 5.95 Å². The second-order valence-electron chi connectivity index (χ2n) is 7.56. The quantitative estimate of drug-likeness (QED) is 0.161. The molecule has 0 aromatic carbocycles. The first-order valence-corrected chi connectivity index (χ1v) is 10.9. The van der Waals surface area contributed by atoms with Gasteiger partial charge in [0.05, 0.1) is 18.6 Å². The summed E-state index contributed by atoms with van der Waals surface area (Å²) in [6.45, 7) is 2.07. The third kappa shape index (κ3) is 9.85. The first-order valence-electron chi connectivity index (χ1n) is 10.5. The topological polar surface area (TPSA) is 205 Å². The van der Waals surface area contributed by atoms with Crippen molar-refractivity contribution in [3.63, 3.8) is 0 Å². The van der Waals surface area contributed by atoms with Crippen molar-refractivity contribution in [2.45, 2.75) is 37.9 Å². The number of piperidine rings is 2. The van der Waals surface area contributed by atoms with E-state index in [9.17, 15) is 9.90 Å². The molecular formula is C18H27B2ClN6O7. The summed E-state index contributed by atoms with van der Waals surface area (Å²) in [6.07, 6.45) is 7.09. The number of aliphatic hydroxyl groups is 2. The average molecular weight is 497 g/mol. The highest BCUT2D eigenvalue weighted by molar-refractivity contribution is 6.58. The summed E-state index contributed by atoms with van der Waals surface area (Å²) in [4.78, 5) is 27.6. The number of carbonyl (C=O) groups excluding carboxylic acids is 1. The van der Waals surface area contributed by atoms with Gasteiger partial charge in [-0.3, -0.25) is 4.79 Å². The van der Waals surface area contributed by atoms with Crippen LogP contribution >= 0.6 is 11.6 Å². The van der Waals surface area contributed by atoms with E-state index in [4.69, 9.17) is 36.8 Å². The number of rotatable bonds is 3. The van der Waals surface area contributed by atoms with Crippen molar-refractivity contribution in [1.82, 2.24) is 25.3 Å². The van der Waals surface area contributed by atoms with E-state index >= 15 is 0 Å². The number of anilines is 1. The summed E-state index contributed by atoms with van der Waals surface area (Å²) in [7, 11) is -3.06. The van der Waals surface area contributed by atoms with Crippen LogP contribution in [-0.2, 0) is 4.79 Å². The number of hydrogen-bond donors (Lipinski definition) is 7. The van der Waals surface area contributed by atoms with E-state index in [0.29, 0.717) is 31.8 Å². The van der Waals surface area contributed by atoms with Crippen LogP contribution in [-0.4, -0.2) is 102 Å². The normalized spacial score (nSPS) is 18.0. The van der Waals surface area contributed by atoms with E-state index in [2.05, 4.69) is 25.3 Å². The molecule has 1 unspecified atom stereocenters. The molecule has 13 nitrogen and oxygen atoms in total. The van der Waals surface area contributed by atoms with E-state index in [0.717, 1.165) is 13.1 Å². The summed E-state index contributed by atoms with van der Waals surface area (Å²) in [5.74, 6) is 0.528. The Bertz CT molecular complexity index is 874. The summed E-state index contributed by atoms with van der Waals surface area (Å²) in [5.41, 5.74) is 0.505. The molecule has 7 N–H and O–H groups in total. The summed E-state index contributed by atoms with van der Waals surface area (Å²) in [6, 6.07) is 0. The molecule has 2 fully saturated rings. The maximum Gasteiger partial charge on any atom is 0.491 e. The second-order valence-corrected chi connectivity index (χ2v) is 7.90. The van der Waals surface area contributed by atoms with Gasteiger partial charge in [-0.1, -0.05) is 0 Å². The molecule has 16 heteroatoms. The fourth-order valence-corrected chi connectivity index (χ4v) is 3.01. The van der Waals surface area contributed by atoms with Gasteiger partial charge in [-0.2, -0.15) is 0 Å². The van der Waals surface area contributed by atoms with Gasteiger partial charge in [0, 0.05) is 55.3 Å². The molecule has 2 aliphatic rings. The minimum atomic E-state index is -1.53. The second kappa shape index (κ2) is 14.1. The molecule has 0 bridgehead atoms. The third-order valence-corrected chi connectivity index (χ3v) is 5.06. The Hall–Kier alpha value is -2.39. The van der Waals surface area contributed by atoms with Crippen LogP contribution in [0, 0.1) is 0 Å². The Morgan fingerprint density at radius 3 is 1.76 bits per heavy atom. The van der Waals surface area contributed by atoms with Crippen molar-refractivity contribution >= 4 is 48.6 Å². The van der Waals surface area contributed by atoms with Gasteiger partial charge in [0.1, 0.15) is 0 Å². The Balaban J connectivity index is 0.000000195. The van der Waals surface area contributed by atoms with Gasteiger partial charge in [-0.15, -0.1) is 0 Å². The highest BCUT2D eigenvalue weighted by Crippen LogP contribution is 2.14. The minimum absolute atomic E-state index is 0.0382. The minimum Gasteiger partial charge on any atom is -0.423 e. The van der Waals surface area contributed by atoms with Gasteiger partial charge < -0.3 is 40.5 Å². The number of amides is 1. The lowest BCUT2D eigenvalue weighted by molar-refractivity contribution is -0.124. The van der Waals surface area contributed by atoms with E-state index < -0.39 is 20.3 Å². The zero-order chi connectivity index (χ0) is 25.1. The molecule has 4 heterocycles. The lowest BCUT2D eigenvalue weighted by Crippen LogP contribution is -2.38. The smallest absolute Gasteiger partial charge is 0.423 e. The molecule has 4 rings (SSSR count). The maximum absolute atomic E-state index is 10.4. The van der Waals surface area contributed by atoms with Crippen LogP contribution in [0.1, 0.15) is 25.7 Å². The van der Waals surface area contributed by atoms with Crippen molar-refractivity contribution in [3.8, 4) is 0 Å². The first kappa shape index (κ1) is 27.9. The molecule has 1 amide bonds. The Kier molecular flexibility index (Phi) is 11.6. The molecule has 0 saturated carbocycles. The molecule has 0 radical (unpaired) electrons. The van der Waals surface area contributed by atoms with E-state index in [1.165, 1.54) is 24.8 Å². The summed E-state index contributed by atoms with van der Waals surface area (Å²) in [5, 5.41) is 55.7. The maximum atomic E-state index is 10.4. The first-order chi connectivity index (χ1) is 16.2. The van der Waals surface area contributed by atoms with Gasteiger partial charge in [0.25, 0.3) is 0 Å². The monoisotopic (exact) mass is 496 g/mol. The molecular weight excluding hydrogens is 469 g/mol. The Morgan fingerprint density at radius 1 is 0.853 bits per heavy atom. The van der Waals surface area contributed by atoms with Gasteiger partial charge in [0.2, 0.25) is 17.1 Å². The summed E-state index contributed by atoms with van der Waals surface area (Å²) >= 11 is 5.33. The number of aromatic nitrogens is 4. The van der Waals surface area contributed by atoms with Crippen molar-refractivity contribution in [1.29, 1.82) is 0 Å². The van der Waals surface area contributed by atoms with Gasteiger partial charge in [-0.05, 0) is 30.9 Å². The zero-order valence-electron chi connectivity index (χ0n) is 18.3. The Morgan fingerprint density at radius 2 is 1.35 bits per heavy atom. The number of aliphatic hydroxyl groups excluding tert-OH is 2. The third-order valence-electron chi connectivity index (χ3n) is 4.86. The van der Waals surface area contributed by atoms with Crippen LogP contribution in [0.2, 0.25) is 5.28 Å². The van der Waals surface area contributed by atoms with Crippen molar-refractivity contribution in [2.24, 2.45) is 0 Å². The standard InChI is InChI=1S/C9H14BN3O3.C5H9NO2.C4H4BClN2O2/c14-8-1-3-13(4-2-8)9-11-5-7(6-12-9)10(15)16;7-4-1-2-6-5(8)3-4;6-4-7-1-3(2-8-4)5(9)10/h5-6,8,14-16H,1-4H2;4,7H,1-3H2,(H,6,8);1-2,9-10H. The molecule has 1 atom stereocenters. The number of nitrogens with zero attached hydrogens (tertiary/aromatic N) is 5. The number of carbonyl (C=O) groups is 1. The molecule has 184 valence electrons. The predicted molar refractivity (Wildman–Crippen MR) is 124 cm³/mol. The molecule has 34 heavy (non-hydrogen) atoms. The fourth-order valence-electron chi connectivity index (χ4n) is 2.92. The predicted octanol–water partition coefficient (Wildman–Crippen LogP) is -3.82. The van der Waals surface area contributed by atoms with Crippen LogP contribution in [0.15, 0.2) is 24.8 Å². The molecule has 2 aliphatic heterocycles.